The highest BCUT2D eigenvalue weighted by atomic mass is 19.3. The minimum Gasteiger partial charge on any atom is -0.452 e. The van der Waals surface area contributed by atoms with E-state index in [0.29, 0.717) is 6.92 Å². The Bertz CT molecular complexity index is 589. The van der Waals surface area contributed by atoms with Crippen LogP contribution in [0.5, 0.6) is 0 Å². The van der Waals surface area contributed by atoms with E-state index in [0.717, 1.165) is 19.1 Å². The number of hydrogen-bond donors (Lipinski definition) is 2. The molecular weight excluding hydrogens is 292 g/mol. The average Bonchev–Trinajstić information content (AvgIpc) is 2.35. The molecule has 0 amide bonds. The summed E-state index contributed by atoms with van der Waals surface area (Å²) in [6.07, 6.45) is -4.57. The highest BCUT2D eigenvalue weighted by Crippen LogP contribution is 2.41. The number of halogens is 4. The molecule has 1 aliphatic heterocycles. The fourth-order valence-corrected chi connectivity index (χ4v) is 2.16. The van der Waals surface area contributed by atoms with Crippen LogP contribution in [0.1, 0.15) is 19.5 Å². The van der Waals surface area contributed by atoms with Crippen molar-refractivity contribution in [2.24, 2.45) is 10.7 Å². The third-order valence-electron chi connectivity index (χ3n) is 3.24. The van der Waals surface area contributed by atoms with Crippen molar-refractivity contribution in [1.82, 2.24) is 4.98 Å². The number of aliphatic imine (C=N–C) groups is 1. The number of nitrogens with two attached hydrogens (primary N) is 2. The first-order valence-electron chi connectivity index (χ1n) is 6.02. The maximum atomic E-state index is 14.5. The first kappa shape index (κ1) is 15.3. The van der Waals surface area contributed by atoms with Crippen LogP contribution in [-0.2, 0) is 10.3 Å². The Kier molecular flexibility index (Phi) is 3.46. The summed E-state index contributed by atoms with van der Waals surface area (Å²) in [5.74, 6) is -4.57. The van der Waals surface area contributed by atoms with Crippen LogP contribution in [0.3, 0.4) is 0 Å². The van der Waals surface area contributed by atoms with Gasteiger partial charge >= 0.3 is 0 Å². The van der Waals surface area contributed by atoms with Crippen molar-refractivity contribution in [1.29, 1.82) is 0 Å². The lowest BCUT2D eigenvalue weighted by atomic mass is 9.85. The first-order chi connectivity index (χ1) is 9.55. The molecule has 3 atom stereocenters. The van der Waals surface area contributed by atoms with Crippen molar-refractivity contribution in [2.45, 2.75) is 37.6 Å². The minimum atomic E-state index is -3.54. The molecule has 21 heavy (non-hydrogen) atoms. The third-order valence-corrected chi connectivity index (χ3v) is 3.24. The second-order valence-corrected chi connectivity index (χ2v) is 5.06. The molecule has 0 fully saturated rings. The summed E-state index contributed by atoms with van der Waals surface area (Å²) in [5.41, 5.74) is 8.20. The van der Waals surface area contributed by atoms with E-state index in [1.807, 2.05) is 0 Å². The van der Waals surface area contributed by atoms with Crippen molar-refractivity contribution in [3.63, 3.8) is 0 Å². The molecule has 0 bridgehead atoms. The predicted molar refractivity (Wildman–Crippen MR) is 68.0 cm³/mol. The van der Waals surface area contributed by atoms with Gasteiger partial charge < -0.3 is 16.2 Å². The molecule has 116 valence electrons. The zero-order valence-electron chi connectivity index (χ0n) is 11.3. The van der Waals surface area contributed by atoms with Gasteiger partial charge in [-0.1, -0.05) is 0 Å². The second kappa shape index (κ2) is 4.74. The van der Waals surface area contributed by atoms with E-state index in [1.165, 1.54) is 0 Å². The van der Waals surface area contributed by atoms with Crippen molar-refractivity contribution in [2.75, 3.05) is 5.73 Å². The molecule has 1 aliphatic rings. The van der Waals surface area contributed by atoms with E-state index in [1.54, 1.807) is 0 Å². The molecule has 0 saturated heterocycles. The number of anilines is 1. The molecule has 9 heteroatoms. The van der Waals surface area contributed by atoms with E-state index < -0.39 is 41.3 Å². The Labute approximate surface area is 118 Å². The predicted octanol–water partition coefficient (Wildman–Crippen LogP) is 1.72. The molecule has 1 aromatic rings. The Hall–Kier alpha value is -2.06. The standard InChI is InChI=1S/C12H14F4N4O/c1-11(8-5(13)3-4-6(17)19-8)7(14)9(12(2,15)16)21-10(18)20-11/h3-4,7,9H,1-2H3,(H2,17,19)(H2,18,20)/t7-,9?,11-/m0/s1. The van der Waals surface area contributed by atoms with Gasteiger partial charge in [0.1, 0.15) is 22.9 Å². The van der Waals surface area contributed by atoms with Gasteiger partial charge in [-0.05, 0) is 19.1 Å². The van der Waals surface area contributed by atoms with Gasteiger partial charge in [0.05, 0.1) is 0 Å². The van der Waals surface area contributed by atoms with E-state index in [-0.39, 0.29) is 5.82 Å². The number of rotatable bonds is 2. The van der Waals surface area contributed by atoms with Crippen LogP contribution in [0.15, 0.2) is 17.1 Å². The topological polar surface area (TPSA) is 86.5 Å². The molecule has 4 N–H and O–H groups in total. The van der Waals surface area contributed by atoms with Gasteiger partial charge in [-0.2, -0.15) is 0 Å². The molecule has 0 aliphatic carbocycles. The van der Waals surface area contributed by atoms with Gasteiger partial charge in [-0.25, -0.2) is 27.5 Å². The summed E-state index contributed by atoms with van der Waals surface area (Å²) in [4.78, 5) is 7.31. The van der Waals surface area contributed by atoms with Gasteiger partial charge in [0.25, 0.3) is 11.9 Å². The number of pyridine rings is 1. The minimum absolute atomic E-state index is 0.0973. The van der Waals surface area contributed by atoms with Gasteiger partial charge in [0.15, 0.2) is 12.3 Å². The van der Waals surface area contributed by atoms with Gasteiger partial charge in [0.2, 0.25) is 0 Å². The lowest BCUT2D eigenvalue weighted by Gasteiger charge is -2.39. The largest absolute Gasteiger partial charge is 0.452 e. The van der Waals surface area contributed by atoms with Gasteiger partial charge in [-0.15, -0.1) is 0 Å². The molecule has 0 spiro atoms. The monoisotopic (exact) mass is 306 g/mol. The van der Waals surface area contributed by atoms with Crippen molar-refractivity contribution in [3.05, 3.63) is 23.6 Å². The fraction of sp³-hybridized carbons (Fsp3) is 0.500. The van der Waals surface area contributed by atoms with E-state index in [2.05, 4.69) is 14.7 Å². The fourth-order valence-electron chi connectivity index (χ4n) is 2.16. The van der Waals surface area contributed by atoms with Crippen LogP contribution < -0.4 is 11.5 Å². The number of ether oxygens (including phenoxy) is 1. The van der Waals surface area contributed by atoms with Crippen molar-refractivity contribution in [3.8, 4) is 0 Å². The number of hydrogen-bond acceptors (Lipinski definition) is 5. The average molecular weight is 306 g/mol. The van der Waals surface area contributed by atoms with E-state index in [4.69, 9.17) is 11.5 Å². The molecule has 0 radical (unpaired) electrons. The lowest BCUT2D eigenvalue weighted by molar-refractivity contribution is -0.138. The van der Waals surface area contributed by atoms with E-state index in [9.17, 15) is 17.6 Å². The number of alkyl halides is 3. The van der Waals surface area contributed by atoms with Gasteiger partial charge in [-0.3, -0.25) is 0 Å². The molecule has 0 saturated carbocycles. The van der Waals surface area contributed by atoms with Crippen LogP contribution in [0.25, 0.3) is 0 Å². The summed E-state index contributed by atoms with van der Waals surface area (Å²) < 4.78 is 59.9. The van der Waals surface area contributed by atoms with Crippen LogP contribution in [0.2, 0.25) is 0 Å². The molecule has 0 aromatic carbocycles. The summed E-state index contributed by atoms with van der Waals surface area (Å²) in [5, 5.41) is 0. The van der Waals surface area contributed by atoms with E-state index >= 15 is 0 Å². The number of nitrogen functional groups attached to an aromatic ring is 1. The SMILES string of the molecule is CC(F)(F)C1OC(N)=N[C@](C)(c2nc(N)ccc2F)[C@H]1F. The van der Waals surface area contributed by atoms with Crippen LogP contribution in [0, 0.1) is 5.82 Å². The Balaban J connectivity index is 2.58. The highest BCUT2D eigenvalue weighted by Gasteiger charge is 2.56. The van der Waals surface area contributed by atoms with Crippen LogP contribution >= 0.6 is 0 Å². The molecule has 2 rings (SSSR count). The van der Waals surface area contributed by atoms with Gasteiger partial charge in [0, 0.05) is 6.92 Å². The number of nitrogens with zero attached hydrogens (tertiary/aromatic N) is 2. The van der Waals surface area contributed by atoms with Crippen molar-refractivity contribution < 1.29 is 22.3 Å². The maximum Gasteiger partial charge on any atom is 0.284 e. The Morgan fingerprint density at radius 2 is 1.95 bits per heavy atom. The number of amidine groups is 1. The van der Waals surface area contributed by atoms with Crippen LogP contribution in [-0.4, -0.2) is 29.2 Å². The first-order valence-corrected chi connectivity index (χ1v) is 6.02. The third kappa shape index (κ3) is 2.59. The summed E-state index contributed by atoms with van der Waals surface area (Å²) >= 11 is 0. The number of aromatic nitrogens is 1. The lowest BCUT2D eigenvalue weighted by Crippen LogP contribution is -2.56. The maximum absolute atomic E-state index is 14.5. The zero-order chi connectivity index (χ0) is 16.0. The highest BCUT2D eigenvalue weighted by molar-refractivity contribution is 5.73. The molecule has 5 nitrogen and oxygen atoms in total. The smallest absolute Gasteiger partial charge is 0.284 e. The summed E-state index contributed by atoms with van der Waals surface area (Å²) in [6.45, 7) is 1.59. The van der Waals surface area contributed by atoms with Crippen LogP contribution in [0.4, 0.5) is 23.4 Å². The van der Waals surface area contributed by atoms with Crippen molar-refractivity contribution >= 4 is 11.8 Å². The normalized spacial score (nSPS) is 29.7. The zero-order valence-corrected chi connectivity index (χ0v) is 11.3. The molecular formula is C12H14F4N4O. The molecule has 1 unspecified atom stereocenters. The molecule has 2 heterocycles. The summed E-state index contributed by atoms with van der Waals surface area (Å²) in [7, 11) is 0. The quantitative estimate of drug-likeness (QED) is 0.815. The summed E-state index contributed by atoms with van der Waals surface area (Å²) in [6, 6.07) is 1.45. The Morgan fingerprint density at radius 3 is 2.52 bits per heavy atom. The Morgan fingerprint density at radius 1 is 1.33 bits per heavy atom. The molecule has 1 aromatic heterocycles. The second-order valence-electron chi connectivity index (χ2n) is 5.06.